The first-order chi connectivity index (χ1) is 7.66. The van der Waals surface area contributed by atoms with Gasteiger partial charge in [-0.15, -0.1) is 0 Å². The molecular formula is C10H13N3O3. The van der Waals surface area contributed by atoms with Crippen LogP contribution in [0.5, 0.6) is 0 Å². The summed E-state index contributed by atoms with van der Waals surface area (Å²) in [6.45, 7) is 1.31. The summed E-state index contributed by atoms with van der Waals surface area (Å²) in [4.78, 5) is 20.6. The second-order valence-electron chi connectivity index (χ2n) is 3.77. The van der Waals surface area contributed by atoms with E-state index >= 15 is 0 Å². The van der Waals surface area contributed by atoms with Gasteiger partial charge in [-0.05, 0) is 18.9 Å². The maximum Gasteiger partial charge on any atom is 0.354 e. The van der Waals surface area contributed by atoms with Crippen LogP contribution in [0.25, 0.3) is 0 Å². The van der Waals surface area contributed by atoms with Gasteiger partial charge in [-0.3, -0.25) is 0 Å². The molecule has 1 fully saturated rings. The predicted molar refractivity (Wildman–Crippen MR) is 56.4 cm³/mol. The number of nitrogens with zero attached hydrogens (tertiary/aromatic N) is 3. The molecule has 0 aliphatic carbocycles. The number of rotatable bonds is 2. The molecular weight excluding hydrogens is 210 g/mol. The molecule has 0 aromatic carbocycles. The maximum absolute atomic E-state index is 10.7. The summed E-state index contributed by atoms with van der Waals surface area (Å²) in [5.74, 6) is -0.632. The van der Waals surface area contributed by atoms with Crippen molar-refractivity contribution in [2.24, 2.45) is 0 Å². The number of hydrogen-bond donors (Lipinski definition) is 2. The van der Waals surface area contributed by atoms with Crippen molar-refractivity contribution in [3.63, 3.8) is 0 Å². The number of aliphatic hydroxyl groups is 1. The Morgan fingerprint density at radius 2 is 2.12 bits per heavy atom. The summed E-state index contributed by atoms with van der Waals surface area (Å²) in [7, 11) is 0. The molecule has 0 amide bonds. The number of carboxylic acids is 1. The predicted octanol–water partition coefficient (Wildman–Crippen LogP) is 0.136. The van der Waals surface area contributed by atoms with E-state index in [9.17, 15) is 9.90 Å². The lowest BCUT2D eigenvalue weighted by atomic mass is 10.1. The molecule has 2 rings (SSSR count). The third-order valence-corrected chi connectivity index (χ3v) is 2.61. The summed E-state index contributed by atoms with van der Waals surface area (Å²) in [6, 6.07) is 1.37. The second kappa shape index (κ2) is 4.44. The highest BCUT2D eigenvalue weighted by Gasteiger charge is 2.19. The average Bonchev–Trinajstić information content (AvgIpc) is 2.30. The van der Waals surface area contributed by atoms with Crippen LogP contribution >= 0.6 is 0 Å². The van der Waals surface area contributed by atoms with E-state index in [4.69, 9.17) is 5.11 Å². The minimum atomic E-state index is -1.05. The second-order valence-corrected chi connectivity index (χ2v) is 3.77. The molecule has 2 N–H and O–H groups in total. The van der Waals surface area contributed by atoms with Crippen molar-refractivity contribution in [3.05, 3.63) is 18.0 Å². The molecule has 1 saturated heterocycles. The zero-order valence-electron chi connectivity index (χ0n) is 8.70. The first kappa shape index (κ1) is 10.8. The van der Waals surface area contributed by atoms with Gasteiger partial charge < -0.3 is 15.1 Å². The molecule has 6 heteroatoms. The van der Waals surface area contributed by atoms with Crippen molar-refractivity contribution in [2.75, 3.05) is 18.0 Å². The molecule has 0 bridgehead atoms. The number of carboxylic acid groups (broad SMARTS) is 1. The number of anilines is 1. The van der Waals surface area contributed by atoms with Crippen LogP contribution in [-0.2, 0) is 0 Å². The average molecular weight is 223 g/mol. The lowest BCUT2D eigenvalue weighted by Gasteiger charge is -2.29. The molecule has 1 aliphatic rings. The van der Waals surface area contributed by atoms with Crippen molar-refractivity contribution >= 4 is 11.9 Å². The Balaban J connectivity index is 2.14. The summed E-state index contributed by atoms with van der Waals surface area (Å²) in [5.41, 5.74) is -0.00359. The SMILES string of the molecule is O=C(O)c1ccnc(N2CCC(O)CC2)n1. The third-order valence-electron chi connectivity index (χ3n) is 2.61. The smallest absolute Gasteiger partial charge is 0.354 e. The minimum absolute atomic E-state index is 0.00359. The van der Waals surface area contributed by atoms with E-state index in [1.807, 2.05) is 4.90 Å². The van der Waals surface area contributed by atoms with Crippen LogP contribution in [-0.4, -0.2) is 45.3 Å². The lowest BCUT2D eigenvalue weighted by molar-refractivity contribution is 0.0690. The largest absolute Gasteiger partial charge is 0.477 e. The number of carbonyl (C=O) groups is 1. The molecule has 0 unspecified atom stereocenters. The highest BCUT2D eigenvalue weighted by atomic mass is 16.4. The van der Waals surface area contributed by atoms with Crippen LogP contribution < -0.4 is 4.90 Å². The van der Waals surface area contributed by atoms with E-state index in [1.54, 1.807) is 0 Å². The van der Waals surface area contributed by atoms with Gasteiger partial charge in [-0.2, -0.15) is 0 Å². The topological polar surface area (TPSA) is 86.5 Å². The summed E-state index contributed by atoms with van der Waals surface area (Å²) < 4.78 is 0. The first-order valence-corrected chi connectivity index (χ1v) is 5.16. The van der Waals surface area contributed by atoms with E-state index < -0.39 is 5.97 Å². The Labute approximate surface area is 92.6 Å². The third kappa shape index (κ3) is 2.27. The standard InChI is InChI=1S/C10H13N3O3/c14-7-2-5-13(6-3-7)10-11-4-1-8(12-10)9(15)16/h1,4,7,14H,2-3,5-6H2,(H,15,16). The van der Waals surface area contributed by atoms with Gasteiger partial charge in [0.15, 0.2) is 5.69 Å². The number of aromatic nitrogens is 2. The zero-order chi connectivity index (χ0) is 11.5. The Hall–Kier alpha value is -1.69. The number of aromatic carboxylic acids is 1. The molecule has 6 nitrogen and oxygen atoms in total. The van der Waals surface area contributed by atoms with Crippen molar-refractivity contribution in [2.45, 2.75) is 18.9 Å². The van der Waals surface area contributed by atoms with Crippen molar-refractivity contribution in [1.29, 1.82) is 0 Å². The van der Waals surface area contributed by atoms with Crippen molar-refractivity contribution < 1.29 is 15.0 Å². The quantitative estimate of drug-likeness (QED) is 0.741. The Morgan fingerprint density at radius 3 is 2.75 bits per heavy atom. The van der Waals surface area contributed by atoms with E-state index in [2.05, 4.69) is 9.97 Å². The number of aliphatic hydroxyl groups excluding tert-OH is 1. The van der Waals surface area contributed by atoms with Gasteiger partial charge >= 0.3 is 5.97 Å². The summed E-state index contributed by atoms with van der Waals surface area (Å²) in [6.07, 6.45) is 2.51. The van der Waals surface area contributed by atoms with Gasteiger partial charge in [0.25, 0.3) is 0 Å². The van der Waals surface area contributed by atoms with Crippen LogP contribution in [0.2, 0.25) is 0 Å². The highest BCUT2D eigenvalue weighted by Crippen LogP contribution is 2.15. The van der Waals surface area contributed by atoms with Gasteiger partial charge in [0, 0.05) is 19.3 Å². The molecule has 86 valence electrons. The van der Waals surface area contributed by atoms with Crippen LogP contribution in [0.4, 0.5) is 5.95 Å². The number of piperidine rings is 1. The molecule has 1 aliphatic heterocycles. The first-order valence-electron chi connectivity index (χ1n) is 5.16. The molecule has 0 radical (unpaired) electrons. The van der Waals surface area contributed by atoms with E-state index in [-0.39, 0.29) is 11.8 Å². The normalized spacial score (nSPS) is 17.4. The number of hydrogen-bond acceptors (Lipinski definition) is 5. The Bertz CT molecular complexity index is 389. The molecule has 1 aromatic heterocycles. The van der Waals surface area contributed by atoms with Gasteiger partial charge in [0.2, 0.25) is 5.95 Å². The summed E-state index contributed by atoms with van der Waals surface area (Å²) >= 11 is 0. The Kier molecular flexibility index (Phi) is 3.00. The van der Waals surface area contributed by atoms with Gasteiger partial charge in [0.05, 0.1) is 6.10 Å². The molecule has 2 heterocycles. The molecule has 1 aromatic rings. The molecule has 0 atom stereocenters. The summed E-state index contributed by atoms with van der Waals surface area (Å²) in [5, 5.41) is 18.2. The maximum atomic E-state index is 10.7. The van der Waals surface area contributed by atoms with Crippen LogP contribution in [0.3, 0.4) is 0 Å². The van der Waals surface area contributed by atoms with Gasteiger partial charge in [0.1, 0.15) is 0 Å². The van der Waals surface area contributed by atoms with Crippen LogP contribution in [0.15, 0.2) is 12.3 Å². The van der Waals surface area contributed by atoms with Crippen LogP contribution in [0, 0.1) is 0 Å². The molecule has 0 spiro atoms. The Morgan fingerprint density at radius 1 is 1.44 bits per heavy atom. The zero-order valence-corrected chi connectivity index (χ0v) is 8.70. The molecule has 16 heavy (non-hydrogen) atoms. The fourth-order valence-electron chi connectivity index (χ4n) is 1.69. The van der Waals surface area contributed by atoms with Crippen molar-refractivity contribution in [3.8, 4) is 0 Å². The van der Waals surface area contributed by atoms with Crippen LogP contribution in [0.1, 0.15) is 23.3 Å². The monoisotopic (exact) mass is 223 g/mol. The lowest BCUT2D eigenvalue weighted by Crippen LogP contribution is -2.37. The van der Waals surface area contributed by atoms with Crippen molar-refractivity contribution in [1.82, 2.24) is 9.97 Å². The van der Waals surface area contributed by atoms with Gasteiger partial charge in [-0.25, -0.2) is 14.8 Å². The van der Waals surface area contributed by atoms with E-state index in [1.165, 1.54) is 12.3 Å². The molecule has 0 saturated carbocycles. The highest BCUT2D eigenvalue weighted by molar-refractivity contribution is 5.85. The fraction of sp³-hybridized carbons (Fsp3) is 0.500. The fourth-order valence-corrected chi connectivity index (χ4v) is 1.69. The minimum Gasteiger partial charge on any atom is -0.477 e. The van der Waals surface area contributed by atoms with E-state index in [0.717, 1.165) is 0 Å². The van der Waals surface area contributed by atoms with E-state index in [0.29, 0.717) is 31.9 Å². The van der Waals surface area contributed by atoms with Gasteiger partial charge in [-0.1, -0.05) is 0 Å².